The predicted octanol–water partition coefficient (Wildman–Crippen LogP) is 2.56. The van der Waals surface area contributed by atoms with Gasteiger partial charge in [-0.15, -0.1) is 0 Å². The molecule has 0 radical (unpaired) electrons. The summed E-state index contributed by atoms with van der Waals surface area (Å²) in [6, 6.07) is 0.900. The molecule has 1 unspecified atom stereocenters. The second kappa shape index (κ2) is 7.24. The Hall–Kier alpha value is -0.120. The van der Waals surface area contributed by atoms with Gasteiger partial charge in [-0.3, -0.25) is 4.90 Å². The molecule has 1 saturated carbocycles. The predicted molar refractivity (Wildman–Crippen MR) is 86.9 cm³/mol. The van der Waals surface area contributed by atoms with E-state index in [1.54, 1.807) is 0 Å². The molecule has 2 fully saturated rings. The maximum Gasteiger partial charge on any atom is 0.0113 e. The zero-order chi connectivity index (χ0) is 14.6. The van der Waals surface area contributed by atoms with Crippen molar-refractivity contribution in [2.24, 2.45) is 17.1 Å². The van der Waals surface area contributed by atoms with Crippen molar-refractivity contribution in [2.45, 2.75) is 58.9 Å². The average molecular weight is 281 g/mol. The number of hydrogen-bond acceptors (Lipinski definition) is 3. The SMILES string of the molecule is CC(C)(C)CC(CN)CN1CCN(C2CCCC2)CC1. The largest absolute Gasteiger partial charge is 0.330 e. The van der Waals surface area contributed by atoms with Gasteiger partial charge in [0.25, 0.3) is 0 Å². The van der Waals surface area contributed by atoms with Gasteiger partial charge in [0.1, 0.15) is 0 Å². The van der Waals surface area contributed by atoms with Crippen LogP contribution in [0.25, 0.3) is 0 Å². The summed E-state index contributed by atoms with van der Waals surface area (Å²) in [5, 5.41) is 0. The van der Waals surface area contributed by atoms with Crippen LogP contribution in [0.3, 0.4) is 0 Å². The highest BCUT2D eigenvalue weighted by Gasteiger charge is 2.27. The highest BCUT2D eigenvalue weighted by Crippen LogP contribution is 2.26. The topological polar surface area (TPSA) is 32.5 Å². The summed E-state index contributed by atoms with van der Waals surface area (Å²) in [4.78, 5) is 5.39. The molecule has 20 heavy (non-hydrogen) atoms. The van der Waals surface area contributed by atoms with E-state index in [0.29, 0.717) is 11.3 Å². The Bertz CT molecular complexity index is 270. The lowest BCUT2D eigenvalue weighted by Gasteiger charge is -2.39. The van der Waals surface area contributed by atoms with Crippen LogP contribution in [0.4, 0.5) is 0 Å². The maximum atomic E-state index is 5.99. The molecule has 0 bridgehead atoms. The molecule has 1 saturated heterocycles. The monoisotopic (exact) mass is 281 g/mol. The molecule has 0 amide bonds. The summed E-state index contributed by atoms with van der Waals surface area (Å²) in [7, 11) is 0. The highest BCUT2D eigenvalue weighted by atomic mass is 15.3. The third kappa shape index (κ3) is 5.01. The van der Waals surface area contributed by atoms with E-state index in [0.717, 1.165) is 12.6 Å². The second-order valence-corrected chi connectivity index (χ2v) is 8.14. The summed E-state index contributed by atoms with van der Waals surface area (Å²) >= 11 is 0. The van der Waals surface area contributed by atoms with Crippen LogP contribution >= 0.6 is 0 Å². The van der Waals surface area contributed by atoms with Gasteiger partial charge >= 0.3 is 0 Å². The Morgan fingerprint density at radius 3 is 2.15 bits per heavy atom. The first-order chi connectivity index (χ1) is 9.48. The Balaban J connectivity index is 1.72. The zero-order valence-electron chi connectivity index (χ0n) is 13.9. The summed E-state index contributed by atoms with van der Waals surface area (Å²) in [6.07, 6.45) is 7.02. The van der Waals surface area contributed by atoms with Crippen molar-refractivity contribution in [1.82, 2.24) is 9.80 Å². The third-order valence-corrected chi connectivity index (χ3v) is 5.00. The molecule has 3 heteroatoms. The number of hydrogen-bond donors (Lipinski definition) is 1. The van der Waals surface area contributed by atoms with Crippen LogP contribution in [0.15, 0.2) is 0 Å². The number of piperazine rings is 1. The Labute approximate surface area is 125 Å². The lowest BCUT2D eigenvalue weighted by molar-refractivity contribution is 0.0827. The van der Waals surface area contributed by atoms with Crippen LogP contribution < -0.4 is 5.73 Å². The molecule has 1 aliphatic carbocycles. The van der Waals surface area contributed by atoms with E-state index in [1.807, 2.05) is 0 Å². The molecular formula is C17H35N3. The number of rotatable bonds is 5. The van der Waals surface area contributed by atoms with Gasteiger partial charge in [-0.25, -0.2) is 0 Å². The van der Waals surface area contributed by atoms with E-state index < -0.39 is 0 Å². The minimum absolute atomic E-state index is 0.399. The fraction of sp³-hybridized carbons (Fsp3) is 1.00. The smallest absolute Gasteiger partial charge is 0.0113 e. The lowest BCUT2D eigenvalue weighted by atomic mass is 9.84. The van der Waals surface area contributed by atoms with Crippen molar-refractivity contribution >= 4 is 0 Å². The third-order valence-electron chi connectivity index (χ3n) is 5.00. The van der Waals surface area contributed by atoms with Gasteiger partial charge in [-0.2, -0.15) is 0 Å². The van der Waals surface area contributed by atoms with E-state index in [2.05, 4.69) is 30.6 Å². The average Bonchev–Trinajstić information content (AvgIpc) is 2.91. The van der Waals surface area contributed by atoms with Crippen LogP contribution in [0, 0.1) is 11.3 Å². The fourth-order valence-corrected chi connectivity index (χ4v) is 4.03. The van der Waals surface area contributed by atoms with Crippen molar-refractivity contribution in [3.8, 4) is 0 Å². The van der Waals surface area contributed by atoms with Crippen molar-refractivity contribution < 1.29 is 0 Å². The molecule has 2 N–H and O–H groups in total. The van der Waals surface area contributed by atoms with Crippen LogP contribution in [-0.4, -0.2) is 55.1 Å². The molecule has 2 rings (SSSR count). The fourth-order valence-electron chi connectivity index (χ4n) is 4.03. The van der Waals surface area contributed by atoms with E-state index in [-0.39, 0.29) is 0 Å². The molecule has 0 aromatic heterocycles. The molecule has 3 nitrogen and oxygen atoms in total. The van der Waals surface area contributed by atoms with Crippen LogP contribution in [0.2, 0.25) is 0 Å². The molecule has 1 heterocycles. The Morgan fingerprint density at radius 2 is 1.65 bits per heavy atom. The molecule has 1 aliphatic heterocycles. The second-order valence-electron chi connectivity index (χ2n) is 8.14. The number of nitrogens with two attached hydrogens (primary N) is 1. The standard InChI is InChI=1S/C17H35N3/c1-17(2,3)12-15(13-18)14-19-8-10-20(11-9-19)16-6-4-5-7-16/h15-16H,4-14,18H2,1-3H3. The first-order valence-electron chi connectivity index (χ1n) is 8.64. The van der Waals surface area contributed by atoms with Crippen LogP contribution in [0.5, 0.6) is 0 Å². The molecule has 2 aliphatic rings. The molecule has 1 atom stereocenters. The summed E-state index contributed by atoms with van der Waals surface area (Å²) in [5.74, 6) is 0.660. The van der Waals surface area contributed by atoms with Crippen molar-refractivity contribution in [2.75, 3.05) is 39.3 Å². The van der Waals surface area contributed by atoms with Crippen LogP contribution in [-0.2, 0) is 0 Å². The van der Waals surface area contributed by atoms with Gasteiger partial charge in [0, 0.05) is 38.8 Å². The highest BCUT2D eigenvalue weighted by molar-refractivity contribution is 4.83. The summed E-state index contributed by atoms with van der Waals surface area (Å²) in [5.41, 5.74) is 6.39. The minimum Gasteiger partial charge on any atom is -0.330 e. The first kappa shape index (κ1) is 16.3. The minimum atomic E-state index is 0.399. The van der Waals surface area contributed by atoms with E-state index in [9.17, 15) is 0 Å². The Kier molecular flexibility index (Phi) is 5.88. The van der Waals surface area contributed by atoms with Crippen molar-refractivity contribution in [1.29, 1.82) is 0 Å². The first-order valence-corrected chi connectivity index (χ1v) is 8.64. The molecule has 0 aromatic carbocycles. The maximum absolute atomic E-state index is 5.99. The van der Waals surface area contributed by atoms with E-state index in [4.69, 9.17) is 5.73 Å². The Morgan fingerprint density at radius 1 is 1.05 bits per heavy atom. The molecule has 0 spiro atoms. The van der Waals surface area contributed by atoms with Gasteiger partial charge in [-0.1, -0.05) is 33.6 Å². The summed E-state index contributed by atoms with van der Waals surface area (Å²) < 4.78 is 0. The van der Waals surface area contributed by atoms with Gasteiger partial charge in [-0.05, 0) is 37.1 Å². The number of nitrogens with zero attached hydrogens (tertiary/aromatic N) is 2. The lowest BCUT2D eigenvalue weighted by Crippen LogP contribution is -2.51. The van der Waals surface area contributed by atoms with E-state index >= 15 is 0 Å². The quantitative estimate of drug-likeness (QED) is 0.840. The summed E-state index contributed by atoms with van der Waals surface area (Å²) in [6.45, 7) is 14.1. The normalized spacial score (nSPS) is 25.2. The van der Waals surface area contributed by atoms with Gasteiger partial charge in [0.2, 0.25) is 0 Å². The van der Waals surface area contributed by atoms with E-state index in [1.165, 1.54) is 64.8 Å². The van der Waals surface area contributed by atoms with Gasteiger partial charge in [0.15, 0.2) is 0 Å². The van der Waals surface area contributed by atoms with Gasteiger partial charge in [0.05, 0.1) is 0 Å². The van der Waals surface area contributed by atoms with Crippen molar-refractivity contribution in [3.63, 3.8) is 0 Å². The van der Waals surface area contributed by atoms with Gasteiger partial charge < -0.3 is 10.6 Å². The molecule has 118 valence electrons. The molecular weight excluding hydrogens is 246 g/mol. The van der Waals surface area contributed by atoms with Crippen LogP contribution in [0.1, 0.15) is 52.9 Å². The zero-order valence-corrected chi connectivity index (χ0v) is 13.9. The van der Waals surface area contributed by atoms with Crippen molar-refractivity contribution in [3.05, 3.63) is 0 Å². The molecule has 0 aromatic rings.